The lowest BCUT2D eigenvalue weighted by atomic mass is 10.2. The maximum absolute atomic E-state index is 11.5. The quantitative estimate of drug-likeness (QED) is 0.759. The lowest BCUT2D eigenvalue weighted by molar-refractivity contribution is 0.0520. The molecule has 0 radical (unpaired) electrons. The van der Waals surface area contributed by atoms with Crippen molar-refractivity contribution in [2.45, 2.75) is 25.8 Å². The molecule has 0 aliphatic carbocycles. The van der Waals surface area contributed by atoms with Crippen LogP contribution in [0.1, 0.15) is 41.3 Å². The van der Waals surface area contributed by atoms with Gasteiger partial charge < -0.3 is 4.74 Å². The van der Waals surface area contributed by atoms with E-state index in [1.165, 1.54) is 6.42 Å². The van der Waals surface area contributed by atoms with Crippen LogP contribution in [0.2, 0.25) is 0 Å². The highest BCUT2D eigenvalue weighted by Gasteiger charge is 2.26. The van der Waals surface area contributed by atoms with Crippen molar-refractivity contribution in [2.75, 3.05) is 20.2 Å². The average Bonchev–Trinajstić information content (AvgIpc) is 2.86. The van der Waals surface area contributed by atoms with Crippen molar-refractivity contribution in [3.8, 4) is 0 Å². The Morgan fingerprint density at radius 1 is 1.75 bits per heavy atom. The molecule has 1 aliphatic rings. The molecule has 1 aromatic heterocycles. The van der Waals surface area contributed by atoms with E-state index in [4.69, 9.17) is 4.74 Å². The number of carbonyl (C=O) groups excluding carboxylic acids is 1. The third-order valence-corrected chi connectivity index (χ3v) is 3.76. The van der Waals surface area contributed by atoms with Gasteiger partial charge in [0.25, 0.3) is 0 Å². The molecule has 1 fully saturated rings. The summed E-state index contributed by atoms with van der Waals surface area (Å²) < 4.78 is 4.92. The Labute approximate surface area is 99.2 Å². The minimum absolute atomic E-state index is 0.314. The van der Waals surface area contributed by atoms with Crippen LogP contribution < -0.4 is 0 Å². The summed E-state index contributed by atoms with van der Waals surface area (Å²) in [5, 5.41) is 2.82. The van der Waals surface area contributed by atoms with Crippen molar-refractivity contribution >= 4 is 17.3 Å². The molecule has 2 heterocycles. The number of thiazole rings is 1. The second-order valence-electron chi connectivity index (χ2n) is 3.93. The Kier molecular flexibility index (Phi) is 3.56. The van der Waals surface area contributed by atoms with Gasteiger partial charge in [0.15, 0.2) is 5.69 Å². The van der Waals surface area contributed by atoms with Crippen LogP contribution in [0.5, 0.6) is 0 Å². The average molecular weight is 240 g/mol. The minimum Gasteiger partial charge on any atom is -0.461 e. The number of nitrogens with zero attached hydrogens (tertiary/aromatic N) is 2. The van der Waals surface area contributed by atoms with Crippen molar-refractivity contribution < 1.29 is 9.53 Å². The number of hydrogen-bond donors (Lipinski definition) is 0. The molecule has 1 atom stereocenters. The van der Waals surface area contributed by atoms with Gasteiger partial charge in [-0.1, -0.05) is 0 Å². The summed E-state index contributed by atoms with van der Waals surface area (Å²) in [6.07, 6.45) is 2.34. The molecule has 2 rings (SSSR count). The van der Waals surface area contributed by atoms with E-state index >= 15 is 0 Å². The molecule has 1 aliphatic heterocycles. The van der Waals surface area contributed by atoms with Gasteiger partial charge in [0.05, 0.1) is 12.6 Å². The van der Waals surface area contributed by atoms with Gasteiger partial charge >= 0.3 is 5.97 Å². The summed E-state index contributed by atoms with van der Waals surface area (Å²) in [7, 11) is 2.10. The molecule has 1 saturated heterocycles. The van der Waals surface area contributed by atoms with E-state index in [9.17, 15) is 4.79 Å². The minimum atomic E-state index is -0.314. The van der Waals surface area contributed by atoms with Crippen LogP contribution in [0.3, 0.4) is 0 Å². The highest BCUT2D eigenvalue weighted by Crippen LogP contribution is 2.32. The van der Waals surface area contributed by atoms with Gasteiger partial charge in [-0.25, -0.2) is 9.78 Å². The smallest absolute Gasteiger partial charge is 0.357 e. The molecule has 4 nitrogen and oxygen atoms in total. The van der Waals surface area contributed by atoms with Gasteiger partial charge in [0, 0.05) is 5.38 Å². The molecule has 5 heteroatoms. The Bertz CT molecular complexity index is 378. The van der Waals surface area contributed by atoms with Crippen molar-refractivity contribution in [3.63, 3.8) is 0 Å². The Morgan fingerprint density at radius 2 is 2.56 bits per heavy atom. The Hall–Kier alpha value is -0.940. The van der Waals surface area contributed by atoms with Crippen LogP contribution in [0.4, 0.5) is 0 Å². The predicted molar refractivity (Wildman–Crippen MR) is 62.7 cm³/mol. The highest BCUT2D eigenvalue weighted by molar-refractivity contribution is 7.09. The molecule has 16 heavy (non-hydrogen) atoms. The van der Waals surface area contributed by atoms with Crippen LogP contribution in [0.25, 0.3) is 0 Å². The fourth-order valence-corrected chi connectivity index (χ4v) is 2.95. The predicted octanol–water partition coefficient (Wildman–Crippen LogP) is 2.09. The first kappa shape index (κ1) is 11.5. The van der Waals surface area contributed by atoms with Crippen LogP contribution in [0, 0.1) is 0 Å². The zero-order chi connectivity index (χ0) is 11.5. The lowest BCUT2D eigenvalue weighted by Crippen LogP contribution is -2.17. The van der Waals surface area contributed by atoms with Gasteiger partial charge in [-0.05, 0) is 33.4 Å². The molecule has 0 bridgehead atoms. The third kappa shape index (κ3) is 2.25. The second-order valence-corrected chi connectivity index (χ2v) is 4.82. The zero-order valence-corrected chi connectivity index (χ0v) is 10.4. The molecule has 0 spiro atoms. The molecule has 1 unspecified atom stereocenters. The highest BCUT2D eigenvalue weighted by atomic mass is 32.1. The number of esters is 1. The number of carbonyl (C=O) groups is 1. The van der Waals surface area contributed by atoms with Gasteiger partial charge in [0.1, 0.15) is 5.01 Å². The third-order valence-electron chi connectivity index (χ3n) is 2.81. The van der Waals surface area contributed by atoms with Crippen molar-refractivity contribution in [1.29, 1.82) is 0 Å². The standard InChI is InChI=1S/C11H16N2O2S/c1-3-15-11(14)8-7-16-10(12-8)9-5-4-6-13(9)2/h7,9H,3-6H2,1-2H3. The van der Waals surface area contributed by atoms with Crippen LogP contribution in [0.15, 0.2) is 5.38 Å². The molecular formula is C11H16N2O2S. The maximum Gasteiger partial charge on any atom is 0.357 e. The molecule has 88 valence electrons. The van der Waals surface area contributed by atoms with Crippen LogP contribution in [-0.2, 0) is 4.74 Å². The van der Waals surface area contributed by atoms with Crippen molar-refractivity contribution in [2.24, 2.45) is 0 Å². The number of rotatable bonds is 3. The van der Waals surface area contributed by atoms with E-state index in [1.54, 1.807) is 23.6 Å². The second kappa shape index (κ2) is 4.93. The lowest BCUT2D eigenvalue weighted by Gasteiger charge is -2.16. The topological polar surface area (TPSA) is 42.4 Å². The fraction of sp³-hybridized carbons (Fsp3) is 0.636. The number of hydrogen-bond acceptors (Lipinski definition) is 5. The summed E-state index contributed by atoms with van der Waals surface area (Å²) in [5.41, 5.74) is 0.446. The molecule has 0 aromatic carbocycles. The van der Waals surface area contributed by atoms with Crippen molar-refractivity contribution in [3.05, 3.63) is 16.1 Å². The molecule has 1 aromatic rings. The van der Waals surface area contributed by atoms with Crippen LogP contribution >= 0.6 is 11.3 Å². The van der Waals surface area contributed by atoms with Gasteiger partial charge in [-0.3, -0.25) is 4.90 Å². The van der Waals surface area contributed by atoms with E-state index in [-0.39, 0.29) is 5.97 Å². The van der Waals surface area contributed by atoms with Gasteiger partial charge in [-0.15, -0.1) is 11.3 Å². The van der Waals surface area contributed by atoms with E-state index in [1.807, 2.05) is 0 Å². The monoisotopic (exact) mass is 240 g/mol. The van der Waals surface area contributed by atoms with E-state index in [0.717, 1.165) is 18.0 Å². The first-order valence-electron chi connectivity index (χ1n) is 5.55. The summed E-state index contributed by atoms with van der Waals surface area (Å²) >= 11 is 1.55. The number of ether oxygens (including phenoxy) is 1. The zero-order valence-electron chi connectivity index (χ0n) is 9.60. The van der Waals surface area contributed by atoms with Crippen LogP contribution in [-0.4, -0.2) is 36.1 Å². The molecule has 0 amide bonds. The van der Waals surface area contributed by atoms with E-state index in [0.29, 0.717) is 18.3 Å². The molecule has 0 N–H and O–H groups in total. The molecular weight excluding hydrogens is 224 g/mol. The Balaban J connectivity index is 2.10. The summed E-state index contributed by atoms with van der Waals surface area (Å²) in [6, 6.07) is 0.383. The molecule has 0 saturated carbocycles. The van der Waals surface area contributed by atoms with E-state index in [2.05, 4.69) is 16.9 Å². The fourth-order valence-electron chi connectivity index (χ4n) is 1.96. The van der Waals surface area contributed by atoms with Gasteiger partial charge in [-0.2, -0.15) is 0 Å². The van der Waals surface area contributed by atoms with E-state index < -0.39 is 0 Å². The van der Waals surface area contributed by atoms with Crippen molar-refractivity contribution in [1.82, 2.24) is 9.88 Å². The number of aromatic nitrogens is 1. The number of likely N-dealkylation sites (tertiary alicyclic amines) is 1. The summed E-state index contributed by atoms with van der Waals surface area (Å²) in [5.74, 6) is -0.314. The normalized spacial score (nSPS) is 21.2. The van der Waals surface area contributed by atoms with Gasteiger partial charge in [0.2, 0.25) is 0 Å². The summed E-state index contributed by atoms with van der Waals surface area (Å²) in [6.45, 7) is 3.31. The summed E-state index contributed by atoms with van der Waals surface area (Å²) in [4.78, 5) is 18.1. The first-order valence-corrected chi connectivity index (χ1v) is 6.43. The maximum atomic E-state index is 11.5. The Morgan fingerprint density at radius 3 is 3.19 bits per heavy atom. The SMILES string of the molecule is CCOC(=O)c1csc(C2CCCN2C)n1. The first-order chi connectivity index (χ1) is 7.72. The largest absolute Gasteiger partial charge is 0.461 e.